The number of benzene rings is 2. The van der Waals surface area contributed by atoms with Crippen LogP contribution in [-0.4, -0.2) is 37.2 Å². The summed E-state index contributed by atoms with van der Waals surface area (Å²) < 4.78 is 7.04. The molecule has 4 rings (SSSR count). The molecule has 4 aromatic rings. The van der Waals surface area contributed by atoms with Crippen molar-refractivity contribution in [3.05, 3.63) is 64.5 Å². The summed E-state index contributed by atoms with van der Waals surface area (Å²) >= 11 is 1.40. The molecule has 1 N–H and O–H groups in total. The van der Waals surface area contributed by atoms with Crippen LogP contribution in [-0.2, 0) is 4.79 Å². The van der Waals surface area contributed by atoms with Gasteiger partial charge in [0.05, 0.1) is 4.92 Å². The summed E-state index contributed by atoms with van der Waals surface area (Å²) in [6, 6.07) is 12.8. The maximum Gasteiger partial charge on any atom is 0.269 e. The van der Waals surface area contributed by atoms with Crippen molar-refractivity contribution in [1.82, 2.24) is 19.8 Å². The van der Waals surface area contributed by atoms with Crippen LogP contribution in [0.4, 0.5) is 11.4 Å². The van der Waals surface area contributed by atoms with E-state index in [4.69, 9.17) is 4.74 Å². The van der Waals surface area contributed by atoms with Crippen LogP contribution < -0.4 is 10.1 Å². The Morgan fingerprint density at radius 1 is 1.24 bits per heavy atom. The lowest BCUT2D eigenvalue weighted by molar-refractivity contribution is -0.384. The number of nitro groups is 1. The summed E-state index contributed by atoms with van der Waals surface area (Å²) in [6.45, 7) is 1.60. The second-order valence-electron chi connectivity index (χ2n) is 6.02. The van der Waals surface area contributed by atoms with Gasteiger partial charge in [-0.15, -0.1) is 10.2 Å². The van der Waals surface area contributed by atoms with E-state index in [2.05, 4.69) is 20.6 Å². The maximum absolute atomic E-state index is 12.2. The first-order valence-corrected chi connectivity index (χ1v) is 9.27. The van der Waals surface area contributed by atoms with Crippen LogP contribution >= 0.6 is 11.3 Å². The second-order valence-corrected chi connectivity index (χ2v) is 6.97. The van der Waals surface area contributed by atoms with Crippen molar-refractivity contribution >= 4 is 33.6 Å². The molecule has 0 aliphatic carbocycles. The van der Waals surface area contributed by atoms with Crippen molar-refractivity contribution in [2.75, 3.05) is 11.9 Å². The van der Waals surface area contributed by atoms with Crippen LogP contribution in [0.5, 0.6) is 5.75 Å². The van der Waals surface area contributed by atoms with Crippen molar-refractivity contribution in [3.8, 4) is 16.3 Å². The van der Waals surface area contributed by atoms with Gasteiger partial charge in [0.15, 0.2) is 12.4 Å². The fourth-order valence-electron chi connectivity index (χ4n) is 2.57. The minimum atomic E-state index is -0.499. The molecule has 0 saturated heterocycles. The Labute approximate surface area is 167 Å². The van der Waals surface area contributed by atoms with Gasteiger partial charge in [0, 0.05) is 23.4 Å². The van der Waals surface area contributed by atoms with Crippen LogP contribution in [0.3, 0.4) is 0 Å². The lowest BCUT2D eigenvalue weighted by Gasteiger charge is -2.08. The molecular formula is C18H14N6O4S. The molecule has 11 heteroatoms. The summed E-state index contributed by atoms with van der Waals surface area (Å²) in [5, 5.41) is 26.7. The van der Waals surface area contributed by atoms with E-state index in [1.165, 1.54) is 35.6 Å². The molecule has 2 aromatic carbocycles. The zero-order valence-electron chi connectivity index (χ0n) is 15.1. The summed E-state index contributed by atoms with van der Waals surface area (Å²) in [5.74, 6) is 0.722. The summed E-state index contributed by atoms with van der Waals surface area (Å²) in [6.07, 6.45) is 0. The highest BCUT2D eigenvalue weighted by Gasteiger charge is 2.12. The molecule has 0 unspecified atom stereocenters. The lowest BCUT2D eigenvalue weighted by Crippen LogP contribution is -2.20. The van der Waals surface area contributed by atoms with E-state index < -0.39 is 4.92 Å². The summed E-state index contributed by atoms with van der Waals surface area (Å²) in [5.41, 5.74) is 1.40. The first kappa shape index (κ1) is 18.5. The van der Waals surface area contributed by atoms with E-state index in [-0.39, 0.29) is 18.2 Å². The van der Waals surface area contributed by atoms with Crippen LogP contribution in [0.15, 0.2) is 48.5 Å². The van der Waals surface area contributed by atoms with Crippen LogP contribution in [0.25, 0.3) is 15.5 Å². The van der Waals surface area contributed by atoms with Gasteiger partial charge in [-0.2, -0.15) is 9.61 Å². The number of nitrogens with zero attached hydrogens (tertiary/aromatic N) is 5. The molecule has 0 radical (unpaired) electrons. The zero-order valence-corrected chi connectivity index (χ0v) is 15.9. The highest BCUT2D eigenvalue weighted by atomic mass is 32.1. The van der Waals surface area contributed by atoms with Gasteiger partial charge in [0.2, 0.25) is 4.96 Å². The van der Waals surface area contributed by atoms with Crippen molar-refractivity contribution < 1.29 is 14.5 Å². The molecule has 10 nitrogen and oxygen atoms in total. The third-order valence-corrected chi connectivity index (χ3v) is 4.91. The molecule has 1 amide bonds. The Kier molecular flexibility index (Phi) is 4.87. The van der Waals surface area contributed by atoms with E-state index >= 15 is 0 Å². The quantitative estimate of drug-likeness (QED) is 0.382. The second kappa shape index (κ2) is 7.64. The number of non-ortho nitro benzene ring substituents is 1. The van der Waals surface area contributed by atoms with Gasteiger partial charge in [-0.1, -0.05) is 23.5 Å². The van der Waals surface area contributed by atoms with E-state index in [0.29, 0.717) is 22.2 Å². The molecule has 0 spiro atoms. The number of carbonyl (C=O) groups excluding carboxylic acids is 1. The van der Waals surface area contributed by atoms with Gasteiger partial charge >= 0.3 is 0 Å². The van der Waals surface area contributed by atoms with Crippen LogP contribution in [0.1, 0.15) is 5.82 Å². The molecule has 0 fully saturated rings. The predicted octanol–water partition coefficient (Wildman–Crippen LogP) is 3.09. The van der Waals surface area contributed by atoms with Crippen molar-refractivity contribution in [2.45, 2.75) is 6.92 Å². The fraction of sp³-hybridized carbons (Fsp3) is 0.111. The topological polar surface area (TPSA) is 125 Å². The predicted molar refractivity (Wildman–Crippen MR) is 106 cm³/mol. The lowest BCUT2D eigenvalue weighted by atomic mass is 10.2. The van der Waals surface area contributed by atoms with Crippen LogP contribution in [0, 0.1) is 17.0 Å². The molecule has 0 atom stereocenters. The van der Waals surface area contributed by atoms with E-state index in [1.54, 1.807) is 10.6 Å². The number of hydrogen-bond acceptors (Lipinski definition) is 8. The summed E-state index contributed by atoms with van der Waals surface area (Å²) in [4.78, 5) is 23.0. The van der Waals surface area contributed by atoms with Gasteiger partial charge < -0.3 is 10.1 Å². The smallest absolute Gasteiger partial charge is 0.269 e. The molecule has 2 heterocycles. The Hall–Kier alpha value is -3.86. The largest absolute Gasteiger partial charge is 0.484 e. The Morgan fingerprint density at radius 3 is 2.76 bits per heavy atom. The number of carbonyl (C=O) groups is 1. The van der Waals surface area contributed by atoms with Crippen molar-refractivity contribution in [1.29, 1.82) is 0 Å². The van der Waals surface area contributed by atoms with Crippen molar-refractivity contribution in [3.63, 3.8) is 0 Å². The number of fused-ring (bicyclic) bond motifs is 1. The van der Waals surface area contributed by atoms with Gasteiger partial charge in [-0.25, -0.2) is 0 Å². The average Bonchev–Trinajstić information content (AvgIpc) is 3.29. The number of aromatic nitrogens is 4. The third-order valence-electron chi connectivity index (χ3n) is 3.96. The Balaban J connectivity index is 1.40. The normalized spacial score (nSPS) is 10.8. The monoisotopic (exact) mass is 410 g/mol. The zero-order chi connectivity index (χ0) is 20.4. The van der Waals surface area contributed by atoms with Gasteiger partial charge in [0.25, 0.3) is 11.6 Å². The Morgan fingerprint density at radius 2 is 2.03 bits per heavy atom. The fourth-order valence-corrected chi connectivity index (χ4v) is 3.45. The number of aryl methyl sites for hydroxylation is 1. The number of nitro benzene ring substituents is 1. The number of rotatable bonds is 6. The Bertz CT molecular complexity index is 1200. The highest BCUT2D eigenvalue weighted by Crippen LogP contribution is 2.27. The minimum absolute atomic E-state index is 0.0424. The molecule has 0 aliphatic rings. The van der Waals surface area contributed by atoms with Gasteiger partial charge in [0.1, 0.15) is 10.8 Å². The van der Waals surface area contributed by atoms with Crippen LogP contribution in [0.2, 0.25) is 0 Å². The standard InChI is InChI=1S/C18H14N6O4S/c1-11-20-21-18-23(11)22-17(29-18)12-3-2-4-13(9-12)19-16(25)10-28-15-7-5-14(6-8-15)24(26)27/h2-9H,10H2,1H3,(H,19,25). The number of hydrogen-bond donors (Lipinski definition) is 1. The first-order chi connectivity index (χ1) is 14.0. The van der Waals surface area contributed by atoms with E-state index in [9.17, 15) is 14.9 Å². The molecule has 29 heavy (non-hydrogen) atoms. The number of amides is 1. The maximum atomic E-state index is 12.2. The van der Waals surface area contributed by atoms with E-state index in [1.807, 2.05) is 25.1 Å². The molecule has 0 saturated carbocycles. The molecular weight excluding hydrogens is 396 g/mol. The first-order valence-electron chi connectivity index (χ1n) is 8.46. The number of anilines is 1. The van der Waals surface area contributed by atoms with E-state index in [0.717, 1.165) is 10.6 Å². The molecule has 146 valence electrons. The number of ether oxygens (including phenoxy) is 1. The minimum Gasteiger partial charge on any atom is -0.484 e. The number of nitrogens with one attached hydrogen (secondary N) is 1. The average molecular weight is 410 g/mol. The molecule has 2 aromatic heterocycles. The third kappa shape index (κ3) is 4.04. The molecule has 0 aliphatic heterocycles. The van der Waals surface area contributed by atoms with Gasteiger partial charge in [-0.3, -0.25) is 14.9 Å². The van der Waals surface area contributed by atoms with Gasteiger partial charge in [-0.05, 0) is 31.2 Å². The molecule has 0 bridgehead atoms. The highest BCUT2D eigenvalue weighted by molar-refractivity contribution is 7.19. The summed E-state index contributed by atoms with van der Waals surface area (Å²) in [7, 11) is 0. The SMILES string of the molecule is Cc1nnc2sc(-c3cccc(NC(=O)COc4ccc([N+](=O)[O-])cc4)c3)nn12. The van der Waals surface area contributed by atoms with Crippen molar-refractivity contribution in [2.24, 2.45) is 0 Å².